The molecule has 1 rings (SSSR count). The Kier molecular flexibility index (Phi) is 3.38. The second kappa shape index (κ2) is 4.18. The molecule has 0 bridgehead atoms. The molecule has 0 saturated carbocycles. The van der Waals surface area contributed by atoms with Gasteiger partial charge in [0.2, 0.25) is 0 Å². The summed E-state index contributed by atoms with van der Waals surface area (Å²) in [5.74, 6) is -1.05. The van der Waals surface area contributed by atoms with Crippen LogP contribution >= 0.6 is 0 Å². The summed E-state index contributed by atoms with van der Waals surface area (Å²) in [5, 5.41) is 9.06. The number of nitrogens with zero attached hydrogens (tertiary/aromatic N) is 1. The molecule has 0 aliphatic carbocycles. The van der Waals surface area contributed by atoms with E-state index in [1.54, 1.807) is 27.7 Å². The average molecular weight is 244 g/mol. The molecule has 1 heterocycles. The van der Waals surface area contributed by atoms with Crippen molar-refractivity contribution in [3.05, 3.63) is 0 Å². The molecule has 0 spiro atoms. The van der Waals surface area contributed by atoms with E-state index in [9.17, 15) is 9.59 Å². The van der Waals surface area contributed by atoms with Crippen molar-refractivity contribution in [2.24, 2.45) is 5.73 Å². The maximum Gasteiger partial charge on any atom is 0.411 e. The fourth-order valence-corrected chi connectivity index (χ4v) is 1.85. The Morgan fingerprint density at radius 3 is 2.41 bits per heavy atom. The van der Waals surface area contributed by atoms with Gasteiger partial charge in [-0.15, -0.1) is 0 Å². The Bertz CT molecular complexity index is 333. The summed E-state index contributed by atoms with van der Waals surface area (Å²) in [7, 11) is 0. The van der Waals surface area contributed by atoms with Crippen LogP contribution in [0.3, 0.4) is 0 Å². The average Bonchev–Trinajstić information content (AvgIpc) is 2.38. The molecule has 17 heavy (non-hydrogen) atoms. The standard InChI is InChI=1S/C11H20N2O4/c1-10(2,3)17-9(16)13-6-11(4,12)5-7(13)8(14)15/h7H,5-6,12H2,1-4H3,(H,14,15)/t7-,11+/m0/s1. The van der Waals surface area contributed by atoms with Gasteiger partial charge in [-0.05, 0) is 34.1 Å². The van der Waals surface area contributed by atoms with Crippen LogP contribution in [0, 0.1) is 0 Å². The van der Waals surface area contributed by atoms with Crippen LogP contribution in [0.25, 0.3) is 0 Å². The van der Waals surface area contributed by atoms with Crippen LogP contribution in [0.5, 0.6) is 0 Å². The van der Waals surface area contributed by atoms with Gasteiger partial charge in [-0.1, -0.05) is 0 Å². The molecule has 0 aromatic carbocycles. The molecule has 3 N–H and O–H groups in total. The van der Waals surface area contributed by atoms with Gasteiger partial charge in [0.05, 0.1) is 0 Å². The number of hydrogen-bond acceptors (Lipinski definition) is 4. The van der Waals surface area contributed by atoms with E-state index in [2.05, 4.69) is 0 Å². The number of aliphatic carboxylic acids is 1. The lowest BCUT2D eigenvalue weighted by Gasteiger charge is -2.27. The van der Waals surface area contributed by atoms with E-state index in [-0.39, 0.29) is 13.0 Å². The van der Waals surface area contributed by atoms with E-state index in [4.69, 9.17) is 15.6 Å². The first-order valence-electron chi connectivity index (χ1n) is 5.53. The number of ether oxygens (including phenoxy) is 1. The van der Waals surface area contributed by atoms with Gasteiger partial charge in [0.15, 0.2) is 0 Å². The molecule has 98 valence electrons. The van der Waals surface area contributed by atoms with Gasteiger partial charge in [-0.25, -0.2) is 9.59 Å². The first-order valence-corrected chi connectivity index (χ1v) is 5.53. The number of hydrogen-bond donors (Lipinski definition) is 2. The highest BCUT2D eigenvalue weighted by molar-refractivity contribution is 5.81. The topological polar surface area (TPSA) is 92.9 Å². The SMILES string of the molecule is CC(C)(C)OC(=O)N1C[C@](C)(N)C[C@H]1C(=O)O. The first-order chi connectivity index (χ1) is 7.52. The van der Waals surface area contributed by atoms with Gasteiger partial charge in [0.1, 0.15) is 11.6 Å². The number of likely N-dealkylation sites (tertiary alicyclic amines) is 1. The summed E-state index contributed by atoms with van der Waals surface area (Å²) in [4.78, 5) is 24.1. The maximum atomic E-state index is 11.8. The molecule has 0 radical (unpaired) electrons. The molecule has 0 aromatic rings. The van der Waals surface area contributed by atoms with Crippen LogP contribution in [0.1, 0.15) is 34.1 Å². The fraction of sp³-hybridized carbons (Fsp3) is 0.818. The normalized spacial score (nSPS) is 29.2. The van der Waals surface area contributed by atoms with Crippen LogP contribution in [0.2, 0.25) is 0 Å². The predicted octanol–water partition coefficient (Wildman–Crippen LogP) is 0.798. The molecule has 1 saturated heterocycles. The van der Waals surface area contributed by atoms with Crippen LogP contribution in [0.4, 0.5) is 4.79 Å². The Labute approximate surface area is 101 Å². The minimum Gasteiger partial charge on any atom is -0.480 e. The van der Waals surface area contributed by atoms with Gasteiger partial charge < -0.3 is 15.6 Å². The van der Waals surface area contributed by atoms with E-state index >= 15 is 0 Å². The molecule has 6 nitrogen and oxygen atoms in total. The molecule has 6 heteroatoms. The molecule has 2 atom stereocenters. The fourth-order valence-electron chi connectivity index (χ4n) is 1.85. The highest BCUT2D eigenvalue weighted by Gasteiger charge is 2.45. The van der Waals surface area contributed by atoms with E-state index < -0.39 is 29.2 Å². The smallest absolute Gasteiger partial charge is 0.411 e. The van der Waals surface area contributed by atoms with E-state index in [1.165, 1.54) is 4.90 Å². The van der Waals surface area contributed by atoms with Crippen LogP contribution in [0.15, 0.2) is 0 Å². The zero-order valence-electron chi connectivity index (χ0n) is 10.7. The van der Waals surface area contributed by atoms with Gasteiger partial charge in [0.25, 0.3) is 0 Å². The first kappa shape index (κ1) is 13.8. The van der Waals surface area contributed by atoms with Crippen molar-refractivity contribution in [3.8, 4) is 0 Å². The zero-order chi connectivity index (χ0) is 13.4. The monoisotopic (exact) mass is 244 g/mol. The number of carboxylic acids is 1. The van der Waals surface area contributed by atoms with Gasteiger partial charge >= 0.3 is 12.1 Å². The largest absolute Gasteiger partial charge is 0.480 e. The highest BCUT2D eigenvalue weighted by atomic mass is 16.6. The highest BCUT2D eigenvalue weighted by Crippen LogP contribution is 2.26. The molecule has 1 fully saturated rings. The summed E-state index contributed by atoms with van der Waals surface area (Å²) in [6.07, 6.45) is -0.388. The van der Waals surface area contributed by atoms with Crippen molar-refractivity contribution in [2.75, 3.05) is 6.54 Å². The predicted molar refractivity (Wildman–Crippen MR) is 61.6 cm³/mol. The third-order valence-corrected chi connectivity index (χ3v) is 2.48. The van der Waals surface area contributed by atoms with Crippen molar-refractivity contribution >= 4 is 12.1 Å². The lowest BCUT2D eigenvalue weighted by molar-refractivity contribution is -0.142. The molecule has 1 aliphatic heterocycles. The number of nitrogens with two attached hydrogens (primary N) is 1. The van der Waals surface area contributed by atoms with E-state index in [0.29, 0.717) is 0 Å². The molecule has 1 aliphatic rings. The second-order valence-corrected chi connectivity index (χ2v) is 5.82. The van der Waals surface area contributed by atoms with Gasteiger partial charge in [-0.2, -0.15) is 0 Å². The van der Waals surface area contributed by atoms with E-state index in [1.807, 2.05) is 0 Å². The Hall–Kier alpha value is -1.30. The summed E-state index contributed by atoms with van der Waals surface area (Å²) < 4.78 is 5.16. The summed E-state index contributed by atoms with van der Waals surface area (Å²) in [6.45, 7) is 7.13. The van der Waals surface area contributed by atoms with Gasteiger partial charge in [-0.3, -0.25) is 4.90 Å². The third kappa shape index (κ3) is 3.59. The number of carboxylic acid groups (broad SMARTS) is 1. The van der Waals surface area contributed by atoms with Crippen molar-refractivity contribution in [1.29, 1.82) is 0 Å². The number of carbonyl (C=O) groups excluding carboxylic acids is 1. The van der Waals surface area contributed by atoms with Crippen LogP contribution < -0.4 is 5.73 Å². The van der Waals surface area contributed by atoms with E-state index in [0.717, 1.165) is 0 Å². The molecule has 1 amide bonds. The van der Waals surface area contributed by atoms with Crippen LogP contribution in [-0.2, 0) is 9.53 Å². The molecular weight excluding hydrogens is 224 g/mol. The van der Waals surface area contributed by atoms with Crippen molar-refractivity contribution in [1.82, 2.24) is 4.90 Å². The molecule has 0 unspecified atom stereocenters. The Morgan fingerprint density at radius 1 is 1.47 bits per heavy atom. The minimum absolute atomic E-state index is 0.193. The Morgan fingerprint density at radius 2 is 2.00 bits per heavy atom. The lowest BCUT2D eigenvalue weighted by Crippen LogP contribution is -2.45. The quantitative estimate of drug-likeness (QED) is 0.711. The molecular formula is C11H20N2O4. The summed E-state index contributed by atoms with van der Waals surface area (Å²) in [6, 6.07) is -0.903. The van der Waals surface area contributed by atoms with Gasteiger partial charge in [0, 0.05) is 12.1 Å². The van der Waals surface area contributed by atoms with Crippen molar-refractivity contribution in [2.45, 2.75) is 51.3 Å². The Balaban J connectivity index is 2.81. The minimum atomic E-state index is -1.05. The number of carbonyl (C=O) groups is 2. The van der Waals surface area contributed by atoms with Crippen molar-refractivity contribution < 1.29 is 19.4 Å². The van der Waals surface area contributed by atoms with Crippen molar-refractivity contribution in [3.63, 3.8) is 0 Å². The molecule has 0 aromatic heterocycles. The lowest BCUT2D eigenvalue weighted by atomic mass is 10.0. The second-order valence-electron chi connectivity index (χ2n) is 5.82. The third-order valence-electron chi connectivity index (χ3n) is 2.48. The maximum absolute atomic E-state index is 11.8. The summed E-state index contributed by atoms with van der Waals surface area (Å²) >= 11 is 0. The van der Waals surface area contributed by atoms with Crippen LogP contribution in [-0.4, -0.2) is 45.8 Å². The summed E-state index contributed by atoms with van der Waals surface area (Å²) in [5.41, 5.74) is 4.56. The number of amides is 1. The zero-order valence-corrected chi connectivity index (χ0v) is 10.7. The number of rotatable bonds is 1.